The summed E-state index contributed by atoms with van der Waals surface area (Å²) in [5, 5.41) is 2.96. The Morgan fingerprint density at radius 1 is 1.09 bits per heavy atom. The summed E-state index contributed by atoms with van der Waals surface area (Å²) >= 11 is 0. The number of carbonyl (C=O) groups excluding carboxylic acids is 1. The Kier molecular flexibility index (Phi) is 6.10. The maximum absolute atomic E-state index is 11.9. The van der Waals surface area contributed by atoms with Crippen molar-refractivity contribution in [3.8, 4) is 0 Å². The van der Waals surface area contributed by atoms with Gasteiger partial charge in [-0.15, -0.1) is 0 Å². The molecule has 0 aliphatic rings. The quantitative estimate of drug-likeness (QED) is 0.853. The second-order valence-electron chi connectivity index (χ2n) is 5.69. The molecule has 0 saturated carbocycles. The van der Waals surface area contributed by atoms with E-state index in [2.05, 4.69) is 53.6 Å². The van der Waals surface area contributed by atoms with Crippen LogP contribution in [0.3, 0.4) is 0 Å². The largest absolute Gasteiger partial charge is 0.352 e. The van der Waals surface area contributed by atoms with Gasteiger partial charge in [0, 0.05) is 31.9 Å². The van der Waals surface area contributed by atoms with E-state index in [9.17, 15) is 4.79 Å². The summed E-state index contributed by atoms with van der Waals surface area (Å²) in [5.74, 6) is 0.0706. The predicted molar refractivity (Wildman–Crippen MR) is 88.2 cm³/mol. The number of rotatable bonds is 7. The highest BCUT2D eigenvalue weighted by Gasteiger charge is 2.03. The molecule has 116 valence electrons. The summed E-state index contributed by atoms with van der Waals surface area (Å²) in [6.07, 6.45) is 4.76. The molecule has 0 aliphatic heterocycles. The highest BCUT2D eigenvalue weighted by molar-refractivity contribution is 5.76. The van der Waals surface area contributed by atoms with Gasteiger partial charge in [0.2, 0.25) is 5.91 Å². The number of amides is 1. The van der Waals surface area contributed by atoms with E-state index in [4.69, 9.17) is 0 Å². The third kappa shape index (κ3) is 5.66. The van der Waals surface area contributed by atoms with Crippen molar-refractivity contribution < 1.29 is 4.79 Å². The number of aromatic nitrogens is 1. The third-order valence-corrected chi connectivity index (χ3v) is 3.37. The molecule has 1 aromatic carbocycles. The first-order chi connectivity index (χ1) is 10.6. The fourth-order valence-electron chi connectivity index (χ4n) is 2.22. The summed E-state index contributed by atoms with van der Waals surface area (Å²) in [7, 11) is 4.10. The van der Waals surface area contributed by atoms with Crippen molar-refractivity contribution in [1.82, 2.24) is 15.2 Å². The number of pyridine rings is 1. The molecule has 4 nitrogen and oxygen atoms in total. The molecule has 4 heteroatoms. The molecule has 0 radical (unpaired) electrons. The molecule has 1 amide bonds. The molecule has 1 N–H and O–H groups in total. The van der Waals surface area contributed by atoms with Crippen LogP contribution in [0.2, 0.25) is 0 Å². The first kappa shape index (κ1) is 16.2. The molecular formula is C18H23N3O. The van der Waals surface area contributed by atoms with Crippen molar-refractivity contribution in [3.05, 3.63) is 65.5 Å². The van der Waals surface area contributed by atoms with Gasteiger partial charge >= 0.3 is 0 Å². The van der Waals surface area contributed by atoms with Crippen LogP contribution < -0.4 is 5.32 Å². The number of nitrogens with one attached hydrogen (secondary N) is 1. The highest BCUT2D eigenvalue weighted by atomic mass is 16.1. The third-order valence-electron chi connectivity index (χ3n) is 3.37. The van der Waals surface area contributed by atoms with Crippen molar-refractivity contribution in [3.63, 3.8) is 0 Å². The smallest absolute Gasteiger partial charge is 0.220 e. The Hall–Kier alpha value is -2.20. The van der Waals surface area contributed by atoms with Crippen LogP contribution in [0.1, 0.15) is 23.1 Å². The number of hydrogen-bond acceptors (Lipinski definition) is 3. The van der Waals surface area contributed by atoms with E-state index in [1.807, 2.05) is 12.1 Å². The summed E-state index contributed by atoms with van der Waals surface area (Å²) in [6, 6.07) is 12.2. The first-order valence-corrected chi connectivity index (χ1v) is 7.51. The van der Waals surface area contributed by atoms with Crippen molar-refractivity contribution in [2.24, 2.45) is 0 Å². The zero-order chi connectivity index (χ0) is 15.8. The predicted octanol–water partition coefficient (Wildman–Crippen LogP) is 2.39. The van der Waals surface area contributed by atoms with Crippen molar-refractivity contribution in [1.29, 1.82) is 0 Å². The van der Waals surface area contributed by atoms with Gasteiger partial charge in [0.25, 0.3) is 0 Å². The summed E-state index contributed by atoms with van der Waals surface area (Å²) in [5.41, 5.74) is 3.49. The Morgan fingerprint density at radius 2 is 1.82 bits per heavy atom. The van der Waals surface area contributed by atoms with Crippen molar-refractivity contribution >= 4 is 5.91 Å². The van der Waals surface area contributed by atoms with Gasteiger partial charge < -0.3 is 10.2 Å². The number of nitrogens with zero attached hydrogens (tertiary/aromatic N) is 2. The topological polar surface area (TPSA) is 45.2 Å². The zero-order valence-electron chi connectivity index (χ0n) is 13.2. The molecule has 0 atom stereocenters. The van der Waals surface area contributed by atoms with Gasteiger partial charge in [0.1, 0.15) is 0 Å². The van der Waals surface area contributed by atoms with Crippen molar-refractivity contribution in [2.75, 3.05) is 14.1 Å². The van der Waals surface area contributed by atoms with E-state index in [0.29, 0.717) is 13.0 Å². The van der Waals surface area contributed by atoms with Crippen LogP contribution in [0.4, 0.5) is 0 Å². The number of aryl methyl sites for hydroxylation is 1. The minimum atomic E-state index is 0.0706. The van der Waals surface area contributed by atoms with Crippen LogP contribution >= 0.6 is 0 Å². The van der Waals surface area contributed by atoms with Crippen LogP contribution in [0.15, 0.2) is 48.8 Å². The lowest BCUT2D eigenvalue weighted by atomic mass is 10.1. The molecule has 1 heterocycles. The normalized spacial score (nSPS) is 10.7. The van der Waals surface area contributed by atoms with E-state index in [-0.39, 0.29) is 5.91 Å². The molecule has 22 heavy (non-hydrogen) atoms. The molecule has 2 aromatic rings. The van der Waals surface area contributed by atoms with Crippen LogP contribution in [0.25, 0.3) is 0 Å². The second kappa shape index (κ2) is 8.29. The lowest BCUT2D eigenvalue weighted by Crippen LogP contribution is -2.23. The van der Waals surface area contributed by atoms with Crippen LogP contribution in [-0.4, -0.2) is 29.9 Å². The number of hydrogen-bond donors (Lipinski definition) is 1. The van der Waals surface area contributed by atoms with Gasteiger partial charge in [0.05, 0.1) is 0 Å². The van der Waals surface area contributed by atoms with Crippen LogP contribution in [0.5, 0.6) is 0 Å². The van der Waals surface area contributed by atoms with Gasteiger partial charge in [0.15, 0.2) is 0 Å². The maximum atomic E-state index is 11.9. The Bertz CT molecular complexity index is 579. The van der Waals surface area contributed by atoms with Crippen molar-refractivity contribution in [2.45, 2.75) is 25.9 Å². The summed E-state index contributed by atoms with van der Waals surface area (Å²) in [4.78, 5) is 18.0. The average Bonchev–Trinajstić information content (AvgIpc) is 2.53. The second-order valence-corrected chi connectivity index (χ2v) is 5.69. The molecule has 0 saturated heterocycles. The summed E-state index contributed by atoms with van der Waals surface area (Å²) in [6.45, 7) is 1.51. The minimum Gasteiger partial charge on any atom is -0.352 e. The van der Waals surface area contributed by atoms with E-state index < -0.39 is 0 Å². The first-order valence-electron chi connectivity index (χ1n) is 7.51. The average molecular weight is 297 g/mol. The SMILES string of the molecule is CN(C)Cc1ccc(CNC(=O)CCc2cccnc2)cc1. The molecular weight excluding hydrogens is 274 g/mol. The van der Waals surface area contributed by atoms with Crippen LogP contribution in [-0.2, 0) is 24.3 Å². The van der Waals surface area contributed by atoms with Gasteiger partial charge in [-0.1, -0.05) is 30.3 Å². The molecule has 0 spiro atoms. The van der Waals surface area contributed by atoms with Gasteiger partial charge in [-0.2, -0.15) is 0 Å². The van der Waals surface area contributed by atoms with E-state index in [1.165, 1.54) is 5.56 Å². The Balaban J connectivity index is 1.74. The summed E-state index contributed by atoms with van der Waals surface area (Å²) < 4.78 is 0. The van der Waals surface area contributed by atoms with E-state index in [0.717, 1.165) is 24.1 Å². The minimum absolute atomic E-state index is 0.0706. The molecule has 0 fully saturated rings. The van der Waals surface area contributed by atoms with E-state index >= 15 is 0 Å². The zero-order valence-corrected chi connectivity index (χ0v) is 13.2. The van der Waals surface area contributed by atoms with Gasteiger partial charge in [-0.05, 0) is 43.3 Å². The maximum Gasteiger partial charge on any atom is 0.220 e. The lowest BCUT2D eigenvalue weighted by Gasteiger charge is -2.10. The monoisotopic (exact) mass is 297 g/mol. The Labute approximate surface area is 132 Å². The molecule has 0 aliphatic carbocycles. The van der Waals surface area contributed by atoms with Gasteiger partial charge in [-0.25, -0.2) is 0 Å². The lowest BCUT2D eigenvalue weighted by molar-refractivity contribution is -0.121. The highest BCUT2D eigenvalue weighted by Crippen LogP contribution is 2.06. The molecule has 1 aromatic heterocycles. The standard InChI is InChI=1S/C18H23N3O/c1-21(2)14-17-7-5-16(6-8-17)13-20-18(22)10-9-15-4-3-11-19-12-15/h3-8,11-12H,9-10,13-14H2,1-2H3,(H,20,22). The molecule has 0 unspecified atom stereocenters. The van der Waals surface area contributed by atoms with Gasteiger partial charge in [-0.3, -0.25) is 9.78 Å². The Morgan fingerprint density at radius 3 is 2.45 bits per heavy atom. The fraction of sp³-hybridized carbons (Fsp3) is 0.333. The van der Waals surface area contributed by atoms with Crippen LogP contribution in [0, 0.1) is 0 Å². The molecule has 2 rings (SSSR count). The van der Waals surface area contributed by atoms with E-state index in [1.54, 1.807) is 12.4 Å². The number of benzene rings is 1. The molecule has 0 bridgehead atoms. The number of carbonyl (C=O) groups is 1. The fourth-order valence-corrected chi connectivity index (χ4v) is 2.22.